The van der Waals surface area contributed by atoms with Crippen LogP contribution in [0.4, 0.5) is 0 Å². The van der Waals surface area contributed by atoms with E-state index in [1.165, 1.54) is 31.2 Å². The van der Waals surface area contributed by atoms with Crippen LogP contribution >= 0.6 is 0 Å². The molecule has 0 radical (unpaired) electrons. The predicted molar refractivity (Wildman–Crippen MR) is 81.8 cm³/mol. The van der Waals surface area contributed by atoms with Crippen molar-refractivity contribution in [1.82, 2.24) is 20.0 Å². The topological polar surface area (TPSA) is 50.2 Å². The van der Waals surface area contributed by atoms with Crippen LogP contribution in [0.25, 0.3) is 0 Å². The summed E-state index contributed by atoms with van der Waals surface area (Å²) >= 11 is 0. The molecule has 1 saturated heterocycles. The summed E-state index contributed by atoms with van der Waals surface area (Å²) in [7, 11) is 1.96. The van der Waals surface area contributed by atoms with Gasteiger partial charge in [0.15, 0.2) is 0 Å². The molecule has 1 N–H and O–H groups in total. The highest BCUT2D eigenvalue weighted by Gasteiger charge is 2.27. The van der Waals surface area contributed by atoms with Crippen LogP contribution in [0.1, 0.15) is 56.6 Å². The minimum atomic E-state index is 0.221. The molecule has 0 aromatic carbocycles. The second kappa shape index (κ2) is 6.60. The molecule has 21 heavy (non-hydrogen) atoms. The number of aromatic nitrogens is 2. The lowest BCUT2D eigenvalue weighted by Crippen LogP contribution is -2.35. The Morgan fingerprint density at radius 3 is 2.86 bits per heavy atom. The van der Waals surface area contributed by atoms with Crippen LogP contribution in [-0.4, -0.2) is 39.7 Å². The lowest BCUT2D eigenvalue weighted by Gasteiger charge is -2.23. The van der Waals surface area contributed by atoms with Crippen molar-refractivity contribution in [1.29, 1.82) is 0 Å². The molecule has 0 unspecified atom stereocenters. The average molecular weight is 290 g/mol. The normalized spacial score (nSPS) is 23.8. The molecule has 2 heterocycles. The van der Waals surface area contributed by atoms with Crippen LogP contribution < -0.4 is 5.32 Å². The zero-order valence-corrected chi connectivity index (χ0v) is 12.9. The van der Waals surface area contributed by atoms with Crippen LogP contribution in [0.2, 0.25) is 0 Å². The zero-order chi connectivity index (χ0) is 14.7. The number of hydrogen-bond acceptors (Lipinski definition) is 3. The molecule has 1 aromatic rings. The van der Waals surface area contributed by atoms with Crippen molar-refractivity contribution in [2.45, 2.75) is 57.0 Å². The number of nitrogens with one attached hydrogen (secondary N) is 1. The molecule has 1 amide bonds. The molecule has 5 nitrogen and oxygen atoms in total. The highest BCUT2D eigenvalue weighted by Crippen LogP contribution is 2.31. The Morgan fingerprint density at radius 1 is 1.33 bits per heavy atom. The molecule has 0 bridgehead atoms. The maximum absolute atomic E-state index is 12.0. The fourth-order valence-electron chi connectivity index (χ4n) is 3.70. The minimum Gasteiger partial charge on any atom is -0.353 e. The Balaban J connectivity index is 1.48. The van der Waals surface area contributed by atoms with Crippen molar-refractivity contribution < 1.29 is 4.79 Å². The Hall–Kier alpha value is -1.36. The molecule has 1 saturated carbocycles. The highest BCUT2D eigenvalue weighted by atomic mass is 16.1. The zero-order valence-electron chi connectivity index (χ0n) is 12.9. The Morgan fingerprint density at radius 2 is 2.14 bits per heavy atom. The van der Waals surface area contributed by atoms with E-state index in [1.54, 1.807) is 0 Å². The van der Waals surface area contributed by atoms with Gasteiger partial charge < -0.3 is 5.32 Å². The second-order valence-corrected chi connectivity index (χ2v) is 6.44. The van der Waals surface area contributed by atoms with Crippen molar-refractivity contribution in [2.75, 3.05) is 13.1 Å². The fraction of sp³-hybridized carbons (Fsp3) is 0.750. The van der Waals surface area contributed by atoms with Gasteiger partial charge in [0.25, 0.3) is 0 Å². The van der Waals surface area contributed by atoms with Gasteiger partial charge in [-0.05, 0) is 32.2 Å². The Labute approximate surface area is 126 Å². The molecule has 1 aliphatic carbocycles. The number of hydrogen-bond donors (Lipinski definition) is 1. The number of carbonyl (C=O) groups excluding carboxylic acids is 1. The first-order valence-corrected chi connectivity index (χ1v) is 8.24. The van der Waals surface area contributed by atoms with E-state index in [2.05, 4.69) is 21.5 Å². The molecule has 116 valence electrons. The van der Waals surface area contributed by atoms with Gasteiger partial charge in [0.2, 0.25) is 5.91 Å². The van der Waals surface area contributed by atoms with Gasteiger partial charge in [-0.25, -0.2) is 0 Å². The fourth-order valence-corrected chi connectivity index (χ4v) is 3.70. The summed E-state index contributed by atoms with van der Waals surface area (Å²) in [5, 5.41) is 7.45. The molecule has 0 spiro atoms. The predicted octanol–water partition coefficient (Wildman–Crippen LogP) is 2.01. The van der Waals surface area contributed by atoms with Gasteiger partial charge >= 0.3 is 0 Å². The first-order valence-electron chi connectivity index (χ1n) is 8.24. The van der Waals surface area contributed by atoms with Gasteiger partial charge in [-0.3, -0.25) is 14.4 Å². The first-order chi connectivity index (χ1) is 10.2. The van der Waals surface area contributed by atoms with E-state index in [1.807, 2.05) is 17.9 Å². The summed E-state index contributed by atoms with van der Waals surface area (Å²) in [4.78, 5) is 14.5. The van der Waals surface area contributed by atoms with Crippen LogP contribution in [0.5, 0.6) is 0 Å². The van der Waals surface area contributed by atoms with Crippen LogP contribution in [-0.2, 0) is 11.8 Å². The molecular formula is C16H26N4O. The quantitative estimate of drug-likeness (QED) is 0.902. The van der Waals surface area contributed by atoms with E-state index in [4.69, 9.17) is 0 Å². The van der Waals surface area contributed by atoms with Gasteiger partial charge in [0.05, 0.1) is 6.20 Å². The third-order valence-electron chi connectivity index (χ3n) is 4.82. The smallest absolute Gasteiger partial charge is 0.221 e. The molecule has 1 aliphatic heterocycles. The molecule has 2 aliphatic rings. The van der Waals surface area contributed by atoms with Gasteiger partial charge in [0.1, 0.15) is 0 Å². The van der Waals surface area contributed by atoms with Gasteiger partial charge in [0, 0.05) is 43.9 Å². The standard InChI is InChI=1S/C16H26N4O/c1-19-12-13(11-17-19)15-7-4-9-20(15)10-8-16(21)18-14-5-2-3-6-14/h11-12,14-15H,2-10H2,1H3,(H,18,21)/t15-/m1/s1. The Bertz CT molecular complexity index is 478. The summed E-state index contributed by atoms with van der Waals surface area (Å²) in [6, 6.07) is 0.878. The molecular weight excluding hydrogens is 264 g/mol. The summed E-state index contributed by atoms with van der Waals surface area (Å²) in [5.74, 6) is 0.221. The van der Waals surface area contributed by atoms with Crippen molar-refractivity contribution in [3.8, 4) is 0 Å². The molecule has 5 heteroatoms. The SMILES string of the molecule is Cn1cc([C@H]2CCCN2CCC(=O)NC2CCCC2)cn1. The van der Waals surface area contributed by atoms with Gasteiger partial charge in [-0.15, -0.1) is 0 Å². The largest absolute Gasteiger partial charge is 0.353 e. The van der Waals surface area contributed by atoms with E-state index < -0.39 is 0 Å². The number of likely N-dealkylation sites (tertiary alicyclic amines) is 1. The maximum atomic E-state index is 12.0. The molecule has 2 fully saturated rings. The highest BCUT2D eigenvalue weighted by molar-refractivity contribution is 5.76. The van der Waals surface area contributed by atoms with Crippen molar-refractivity contribution in [3.05, 3.63) is 18.0 Å². The third-order valence-corrected chi connectivity index (χ3v) is 4.82. The number of nitrogens with zero attached hydrogens (tertiary/aromatic N) is 3. The maximum Gasteiger partial charge on any atom is 0.221 e. The third kappa shape index (κ3) is 3.64. The van der Waals surface area contributed by atoms with Crippen molar-refractivity contribution in [3.63, 3.8) is 0 Å². The molecule has 1 atom stereocenters. The van der Waals surface area contributed by atoms with E-state index in [-0.39, 0.29) is 5.91 Å². The van der Waals surface area contributed by atoms with E-state index in [9.17, 15) is 4.79 Å². The number of carbonyl (C=O) groups is 1. The summed E-state index contributed by atoms with van der Waals surface area (Å²) in [5.41, 5.74) is 1.28. The van der Waals surface area contributed by atoms with Crippen LogP contribution in [0.3, 0.4) is 0 Å². The van der Waals surface area contributed by atoms with E-state index in [0.29, 0.717) is 18.5 Å². The van der Waals surface area contributed by atoms with Crippen LogP contribution in [0.15, 0.2) is 12.4 Å². The van der Waals surface area contributed by atoms with E-state index >= 15 is 0 Å². The summed E-state index contributed by atoms with van der Waals surface area (Å²) in [6.45, 7) is 1.95. The lowest BCUT2D eigenvalue weighted by molar-refractivity contribution is -0.122. The van der Waals surface area contributed by atoms with Crippen molar-refractivity contribution in [2.24, 2.45) is 7.05 Å². The monoisotopic (exact) mass is 290 g/mol. The molecule has 3 rings (SSSR count). The Kier molecular flexibility index (Phi) is 4.58. The number of rotatable bonds is 5. The van der Waals surface area contributed by atoms with Crippen molar-refractivity contribution >= 4 is 5.91 Å². The summed E-state index contributed by atoms with van der Waals surface area (Å²) < 4.78 is 1.86. The number of amides is 1. The van der Waals surface area contributed by atoms with Gasteiger partial charge in [-0.1, -0.05) is 12.8 Å². The average Bonchev–Trinajstić information content (AvgIpc) is 3.17. The van der Waals surface area contributed by atoms with Crippen LogP contribution in [0, 0.1) is 0 Å². The summed E-state index contributed by atoms with van der Waals surface area (Å²) in [6.07, 6.45) is 11.9. The van der Waals surface area contributed by atoms with E-state index in [0.717, 1.165) is 25.9 Å². The minimum absolute atomic E-state index is 0.221. The lowest BCUT2D eigenvalue weighted by atomic mass is 10.1. The molecule has 1 aromatic heterocycles. The second-order valence-electron chi connectivity index (χ2n) is 6.44. The number of aryl methyl sites for hydroxylation is 1. The van der Waals surface area contributed by atoms with Gasteiger partial charge in [-0.2, -0.15) is 5.10 Å². The first kappa shape index (κ1) is 14.6.